The average Bonchev–Trinajstić information content (AvgIpc) is 3.35. The summed E-state index contributed by atoms with van der Waals surface area (Å²) in [6.45, 7) is 5.97. The molecule has 0 aromatic heterocycles. The third-order valence-electron chi connectivity index (χ3n) is 5.01. The molecule has 0 bridgehead atoms. The van der Waals surface area contributed by atoms with Crippen LogP contribution in [0.5, 0.6) is 0 Å². The second-order valence-electron chi connectivity index (χ2n) is 6.69. The van der Waals surface area contributed by atoms with Crippen molar-refractivity contribution in [3.05, 3.63) is 34.9 Å². The number of benzene rings is 1. The predicted molar refractivity (Wildman–Crippen MR) is 91.6 cm³/mol. The molecule has 1 aromatic rings. The van der Waals surface area contributed by atoms with Crippen LogP contribution in [0.1, 0.15) is 31.2 Å². The van der Waals surface area contributed by atoms with Gasteiger partial charge in [0.25, 0.3) is 0 Å². The topological polar surface area (TPSA) is 43.8 Å². The summed E-state index contributed by atoms with van der Waals surface area (Å²) in [4.78, 5) is 16.9. The number of aliphatic hydroxyl groups is 1. The predicted octanol–water partition coefficient (Wildman–Crippen LogP) is 2.36. The largest absolute Gasteiger partial charge is 0.392 e. The fourth-order valence-corrected chi connectivity index (χ4v) is 3.58. The van der Waals surface area contributed by atoms with E-state index in [1.165, 1.54) is 5.56 Å². The summed E-state index contributed by atoms with van der Waals surface area (Å²) >= 11 is 6.04. The molecular weight excluding hydrogens is 312 g/mol. The highest BCUT2D eigenvalue weighted by atomic mass is 35.5. The minimum absolute atomic E-state index is 0.126. The molecule has 1 aliphatic carbocycles. The number of hydrogen-bond donors (Lipinski definition) is 1. The zero-order valence-electron chi connectivity index (χ0n) is 13.6. The van der Waals surface area contributed by atoms with Gasteiger partial charge in [-0.25, -0.2) is 0 Å². The van der Waals surface area contributed by atoms with Gasteiger partial charge in [-0.05, 0) is 36.5 Å². The summed E-state index contributed by atoms with van der Waals surface area (Å²) in [5.41, 5.74) is 1.18. The SMILES string of the molecule is CC[C@H](O)CN1CCN(C(=O)[C@H]2C[C@H]2c2cccc(Cl)c2)CC1. The Morgan fingerprint density at radius 3 is 2.74 bits per heavy atom. The van der Waals surface area contributed by atoms with Crippen molar-refractivity contribution in [1.29, 1.82) is 0 Å². The van der Waals surface area contributed by atoms with Crippen molar-refractivity contribution in [3.8, 4) is 0 Å². The fraction of sp³-hybridized carbons (Fsp3) is 0.611. The number of β-amino-alcohol motifs (C(OH)–C–C–N with tert-alkyl or cyclic N) is 1. The van der Waals surface area contributed by atoms with Crippen molar-refractivity contribution in [2.75, 3.05) is 32.7 Å². The van der Waals surface area contributed by atoms with Gasteiger partial charge in [-0.15, -0.1) is 0 Å². The van der Waals surface area contributed by atoms with E-state index in [0.717, 1.165) is 44.0 Å². The molecule has 126 valence electrons. The lowest BCUT2D eigenvalue weighted by Gasteiger charge is -2.35. The summed E-state index contributed by atoms with van der Waals surface area (Å²) < 4.78 is 0. The monoisotopic (exact) mass is 336 g/mol. The second-order valence-corrected chi connectivity index (χ2v) is 7.13. The first-order chi connectivity index (χ1) is 11.1. The van der Waals surface area contributed by atoms with Crippen LogP contribution in [-0.4, -0.2) is 59.6 Å². The van der Waals surface area contributed by atoms with Gasteiger partial charge in [0.15, 0.2) is 0 Å². The molecule has 1 aromatic carbocycles. The van der Waals surface area contributed by atoms with Gasteiger partial charge in [0.05, 0.1) is 6.10 Å². The quantitative estimate of drug-likeness (QED) is 0.897. The average molecular weight is 337 g/mol. The Kier molecular flexibility index (Phi) is 5.24. The summed E-state index contributed by atoms with van der Waals surface area (Å²) in [6, 6.07) is 7.86. The van der Waals surface area contributed by atoms with E-state index in [1.54, 1.807) is 0 Å². The summed E-state index contributed by atoms with van der Waals surface area (Å²) in [5, 5.41) is 10.5. The third kappa shape index (κ3) is 4.06. The van der Waals surface area contributed by atoms with Gasteiger partial charge >= 0.3 is 0 Å². The first-order valence-corrected chi connectivity index (χ1v) is 8.91. The van der Waals surface area contributed by atoms with Crippen LogP contribution < -0.4 is 0 Å². The van der Waals surface area contributed by atoms with E-state index in [1.807, 2.05) is 30.0 Å². The van der Waals surface area contributed by atoms with Crippen LogP contribution in [0.3, 0.4) is 0 Å². The lowest BCUT2D eigenvalue weighted by atomic mass is 10.1. The molecule has 0 unspecified atom stereocenters. The highest BCUT2D eigenvalue weighted by Crippen LogP contribution is 2.48. The maximum absolute atomic E-state index is 12.6. The van der Waals surface area contributed by atoms with Crippen LogP contribution in [0.25, 0.3) is 0 Å². The van der Waals surface area contributed by atoms with E-state index in [2.05, 4.69) is 11.0 Å². The molecule has 1 amide bonds. The van der Waals surface area contributed by atoms with Crippen LogP contribution in [0.15, 0.2) is 24.3 Å². The Morgan fingerprint density at radius 2 is 2.09 bits per heavy atom. The van der Waals surface area contributed by atoms with E-state index in [0.29, 0.717) is 12.5 Å². The Labute approximate surface area is 143 Å². The second kappa shape index (κ2) is 7.20. The lowest BCUT2D eigenvalue weighted by Crippen LogP contribution is -2.50. The Morgan fingerprint density at radius 1 is 1.35 bits per heavy atom. The van der Waals surface area contributed by atoms with Crippen molar-refractivity contribution in [3.63, 3.8) is 0 Å². The van der Waals surface area contributed by atoms with Gasteiger partial charge in [0.1, 0.15) is 0 Å². The first-order valence-electron chi connectivity index (χ1n) is 8.53. The number of rotatable bonds is 5. The molecule has 1 heterocycles. The van der Waals surface area contributed by atoms with E-state index >= 15 is 0 Å². The molecule has 3 atom stereocenters. The molecule has 1 saturated heterocycles. The van der Waals surface area contributed by atoms with Gasteiger partial charge in [-0.3, -0.25) is 9.69 Å². The highest BCUT2D eigenvalue weighted by Gasteiger charge is 2.46. The Bertz CT molecular complexity index is 558. The van der Waals surface area contributed by atoms with Crippen molar-refractivity contribution >= 4 is 17.5 Å². The van der Waals surface area contributed by atoms with Gasteiger partial charge in [0.2, 0.25) is 5.91 Å². The molecule has 3 rings (SSSR count). The molecule has 2 aliphatic rings. The molecule has 23 heavy (non-hydrogen) atoms. The molecule has 1 saturated carbocycles. The standard InChI is InChI=1S/C18H25ClN2O2/c1-2-15(22)12-20-6-8-21(9-7-20)18(23)17-11-16(17)13-4-3-5-14(19)10-13/h3-5,10,15-17,22H,2,6-9,11-12H2,1H3/t15-,16-,17-/m0/s1. The van der Waals surface area contributed by atoms with Crippen molar-refractivity contribution in [1.82, 2.24) is 9.80 Å². The van der Waals surface area contributed by atoms with Gasteiger partial charge in [-0.2, -0.15) is 0 Å². The molecule has 0 spiro atoms. The number of piperazine rings is 1. The van der Waals surface area contributed by atoms with Crippen molar-refractivity contribution in [2.24, 2.45) is 5.92 Å². The molecular formula is C18H25ClN2O2. The molecule has 0 radical (unpaired) electrons. The summed E-state index contributed by atoms with van der Waals surface area (Å²) in [5.74, 6) is 0.744. The van der Waals surface area contributed by atoms with Crippen molar-refractivity contribution in [2.45, 2.75) is 31.8 Å². The minimum Gasteiger partial charge on any atom is -0.392 e. The van der Waals surface area contributed by atoms with Gasteiger partial charge in [0, 0.05) is 43.7 Å². The third-order valence-corrected chi connectivity index (χ3v) is 5.24. The maximum Gasteiger partial charge on any atom is 0.226 e. The van der Waals surface area contributed by atoms with E-state index in [4.69, 9.17) is 11.6 Å². The molecule has 1 N–H and O–H groups in total. The summed E-state index contributed by atoms with van der Waals surface area (Å²) in [7, 11) is 0. The molecule has 2 fully saturated rings. The Hall–Kier alpha value is -1.10. The van der Waals surface area contributed by atoms with E-state index < -0.39 is 0 Å². The van der Waals surface area contributed by atoms with Crippen LogP contribution >= 0.6 is 11.6 Å². The number of hydrogen-bond acceptors (Lipinski definition) is 3. The number of amides is 1. The molecule has 4 nitrogen and oxygen atoms in total. The fourth-order valence-electron chi connectivity index (χ4n) is 3.39. The van der Waals surface area contributed by atoms with E-state index in [-0.39, 0.29) is 17.9 Å². The number of halogens is 1. The zero-order chi connectivity index (χ0) is 16.4. The number of aliphatic hydroxyl groups excluding tert-OH is 1. The zero-order valence-corrected chi connectivity index (χ0v) is 14.4. The first kappa shape index (κ1) is 16.7. The normalized spacial score (nSPS) is 26.1. The number of nitrogens with zero attached hydrogens (tertiary/aromatic N) is 2. The van der Waals surface area contributed by atoms with Crippen LogP contribution in [-0.2, 0) is 4.79 Å². The van der Waals surface area contributed by atoms with Crippen molar-refractivity contribution < 1.29 is 9.90 Å². The number of carbonyl (C=O) groups is 1. The van der Waals surface area contributed by atoms with Crippen LogP contribution in [0.4, 0.5) is 0 Å². The van der Waals surface area contributed by atoms with Gasteiger partial charge in [-0.1, -0.05) is 30.7 Å². The smallest absolute Gasteiger partial charge is 0.226 e. The Balaban J connectivity index is 1.49. The molecule has 1 aliphatic heterocycles. The molecule has 5 heteroatoms. The minimum atomic E-state index is -0.257. The van der Waals surface area contributed by atoms with Crippen LogP contribution in [0, 0.1) is 5.92 Å². The summed E-state index contributed by atoms with van der Waals surface area (Å²) in [6.07, 6.45) is 1.46. The highest BCUT2D eigenvalue weighted by molar-refractivity contribution is 6.30. The number of carbonyl (C=O) groups excluding carboxylic acids is 1. The lowest BCUT2D eigenvalue weighted by molar-refractivity contribution is -0.134. The maximum atomic E-state index is 12.6. The van der Waals surface area contributed by atoms with E-state index in [9.17, 15) is 9.90 Å². The van der Waals surface area contributed by atoms with Crippen LogP contribution in [0.2, 0.25) is 5.02 Å². The van der Waals surface area contributed by atoms with Gasteiger partial charge < -0.3 is 10.0 Å².